The highest BCUT2D eigenvalue weighted by Crippen LogP contribution is 2.25. The van der Waals surface area contributed by atoms with Gasteiger partial charge in [-0.25, -0.2) is 13.2 Å². The third-order valence-electron chi connectivity index (χ3n) is 1.50. The van der Waals surface area contributed by atoms with Gasteiger partial charge in [0.05, 0.1) is 11.4 Å². The zero-order valence-corrected chi connectivity index (χ0v) is 7.14. The second-order valence-electron chi connectivity index (χ2n) is 2.61. The second kappa shape index (κ2) is 4.08. The standard InChI is InChI=1S/C8H9F3N2O/c9-4-1-5(12)6(13)2-7(4)14-3-8(10)11/h1-2,8H,3,12-13H2. The van der Waals surface area contributed by atoms with Crippen LogP contribution in [0.2, 0.25) is 0 Å². The van der Waals surface area contributed by atoms with E-state index in [1.165, 1.54) is 0 Å². The van der Waals surface area contributed by atoms with E-state index < -0.39 is 18.8 Å². The van der Waals surface area contributed by atoms with Crippen LogP contribution in [0.5, 0.6) is 5.75 Å². The van der Waals surface area contributed by atoms with Crippen LogP contribution in [-0.2, 0) is 0 Å². The monoisotopic (exact) mass is 206 g/mol. The lowest BCUT2D eigenvalue weighted by Gasteiger charge is -2.08. The Bertz CT molecular complexity index is 331. The summed E-state index contributed by atoms with van der Waals surface area (Å²) in [5, 5.41) is 0. The Balaban J connectivity index is 2.82. The quantitative estimate of drug-likeness (QED) is 0.739. The van der Waals surface area contributed by atoms with Crippen molar-refractivity contribution in [2.75, 3.05) is 18.1 Å². The van der Waals surface area contributed by atoms with E-state index in [1.807, 2.05) is 0 Å². The molecule has 0 aliphatic rings. The molecule has 0 bridgehead atoms. The van der Waals surface area contributed by atoms with E-state index in [-0.39, 0.29) is 17.1 Å². The van der Waals surface area contributed by atoms with Crippen LogP contribution in [-0.4, -0.2) is 13.0 Å². The summed E-state index contributed by atoms with van der Waals surface area (Å²) in [6.45, 7) is -0.875. The number of ether oxygens (including phenoxy) is 1. The highest BCUT2D eigenvalue weighted by Gasteiger charge is 2.10. The molecule has 0 spiro atoms. The molecule has 14 heavy (non-hydrogen) atoms. The molecule has 0 aliphatic heterocycles. The van der Waals surface area contributed by atoms with Gasteiger partial charge in [-0.05, 0) is 0 Å². The molecule has 6 heteroatoms. The minimum absolute atomic E-state index is 0.0481. The van der Waals surface area contributed by atoms with E-state index in [0.717, 1.165) is 12.1 Å². The lowest BCUT2D eigenvalue weighted by atomic mass is 10.2. The lowest BCUT2D eigenvalue weighted by molar-refractivity contribution is 0.0799. The zero-order valence-electron chi connectivity index (χ0n) is 7.14. The first-order chi connectivity index (χ1) is 6.50. The average molecular weight is 206 g/mol. The third-order valence-corrected chi connectivity index (χ3v) is 1.50. The largest absolute Gasteiger partial charge is 0.484 e. The van der Waals surface area contributed by atoms with E-state index >= 15 is 0 Å². The van der Waals surface area contributed by atoms with Gasteiger partial charge in [0.1, 0.15) is 6.61 Å². The SMILES string of the molecule is Nc1cc(F)c(OCC(F)F)cc1N. The molecule has 0 radical (unpaired) electrons. The Morgan fingerprint density at radius 3 is 2.36 bits per heavy atom. The molecule has 0 saturated heterocycles. The third kappa shape index (κ3) is 2.45. The summed E-state index contributed by atoms with van der Waals surface area (Å²) < 4.78 is 40.9. The van der Waals surface area contributed by atoms with Crippen LogP contribution < -0.4 is 16.2 Å². The van der Waals surface area contributed by atoms with Crippen molar-refractivity contribution in [1.82, 2.24) is 0 Å². The smallest absolute Gasteiger partial charge is 0.272 e. The number of rotatable bonds is 3. The Morgan fingerprint density at radius 1 is 1.21 bits per heavy atom. The highest BCUT2D eigenvalue weighted by molar-refractivity contribution is 5.65. The summed E-state index contributed by atoms with van der Waals surface area (Å²) >= 11 is 0. The van der Waals surface area contributed by atoms with Crippen LogP contribution in [0.15, 0.2) is 12.1 Å². The van der Waals surface area contributed by atoms with Gasteiger partial charge < -0.3 is 16.2 Å². The molecule has 0 saturated carbocycles. The maximum absolute atomic E-state index is 13.0. The summed E-state index contributed by atoms with van der Waals surface area (Å²) in [6, 6.07) is 2.00. The molecule has 0 unspecified atom stereocenters. The molecule has 1 aromatic rings. The topological polar surface area (TPSA) is 61.3 Å². The fourth-order valence-corrected chi connectivity index (χ4v) is 0.848. The molecule has 0 heterocycles. The molecule has 1 rings (SSSR count). The number of nitrogens with two attached hydrogens (primary N) is 2. The van der Waals surface area contributed by atoms with Crippen molar-refractivity contribution >= 4 is 11.4 Å². The van der Waals surface area contributed by atoms with Crippen molar-refractivity contribution in [1.29, 1.82) is 0 Å². The van der Waals surface area contributed by atoms with Gasteiger partial charge in [-0.2, -0.15) is 0 Å². The minimum atomic E-state index is -2.66. The van der Waals surface area contributed by atoms with Crippen molar-refractivity contribution in [3.05, 3.63) is 17.9 Å². The maximum atomic E-state index is 13.0. The second-order valence-corrected chi connectivity index (χ2v) is 2.61. The van der Waals surface area contributed by atoms with Crippen LogP contribution in [0.4, 0.5) is 24.5 Å². The first kappa shape index (κ1) is 10.5. The molecule has 0 amide bonds. The fourth-order valence-electron chi connectivity index (χ4n) is 0.848. The van der Waals surface area contributed by atoms with Gasteiger partial charge in [0.25, 0.3) is 6.43 Å². The normalized spacial score (nSPS) is 10.6. The molecule has 0 aliphatic carbocycles. The summed E-state index contributed by atoms with van der Waals surface area (Å²) in [5.74, 6) is -1.13. The molecule has 78 valence electrons. The predicted octanol–water partition coefficient (Wildman–Crippen LogP) is 1.63. The van der Waals surface area contributed by atoms with Gasteiger partial charge in [0, 0.05) is 12.1 Å². The average Bonchev–Trinajstić information content (AvgIpc) is 2.09. The van der Waals surface area contributed by atoms with Gasteiger partial charge >= 0.3 is 0 Å². The zero-order chi connectivity index (χ0) is 10.7. The van der Waals surface area contributed by atoms with E-state index in [4.69, 9.17) is 11.5 Å². The lowest BCUT2D eigenvalue weighted by Crippen LogP contribution is -2.08. The van der Waals surface area contributed by atoms with Crippen molar-refractivity contribution < 1.29 is 17.9 Å². The van der Waals surface area contributed by atoms with Crippen molar-refractivity contribution in [2.45, 2.75) is 6.43 Å². The number of halogens is 3. The Kier molecular flexibility index (Phi) is 3.06. The van der Waals surface area contributed by atoms with Gasteiger partial charge in [-0.15, -0.1) is 0 Å². The Morgan fingerprint density at radius 2 is 1.79 bits per heavy atom. The number of nitrogen functional groups attached to an aromatic ring is 2. The van der Waals surface area contributed by atoms with Crippen molar-refractivity contribution in [2.24, 2.45) is 0 Å². The molecular formula is C8H9F3N2O. The van der Waals surface area contributed by atoms with E-state index in [1.54, 1.807) is 0 Å². The first-order valence-electron chi connectivity index (χ1n) is 3.76. The Labute approximate surface area is 78.5 Å². The van der Waals surface area contributed by atoms with Gasteiger partial charge in [-0.1, -0.05) is 0 Å². The van der Waals surface area contributed by atoms with Crippen LogP contribution in [0.25, 0.3) is 0 Å². The fraction of sp³-hybridized carbons (Fsp3) is 0.250. The summed E-state index contributed by atoms with van der Waals surface area (Å²) in [6.07, 6.45) is -2.66. The van der Waals surface area contributed by atoms with E-state index in [9.17, 15) is 13.2 Å². The number of hydrogen-bond donors (Lipinski definition) is 2. The van der Waals surface area contributed by atoms with E-state index in [0.29, 0.717) is 0 Å². The Hall–Kier alpha value is -1.59. The number of benzene rings is 1. The van der Waals surface area contributed by atoms with Gasteiger partial charge in [0.2, 0.25) is 0 Å². The molecule has 0 atom stereocenters. The highest BCUT2D eigenvalue weighted by atomic mass is 19.3. The molecule has 0 aromatic heterocycles. The van der Waals surface area contributed by atoms with Gasteiger partial charge in [0.15, 0.2) is 11.6 Å². The van der Waals surface area contributed by atoms with Crippen LogP contribution >= 0.6 is 0 Å². The number of hydrogen-bond acceptors (Lipinski definition) is 3. The summed E-state index contributed by atoms with van der Waals surface area (Å²) in [7, 11) is 0. The van der Waals surface area contributed by atoms with Crippen LogP contribution in [0.1, 0.15) is 0 Å². The number of alkyl halides is 2. The van der Waals surface area contributed by atoms with Crippen molar-refractivity contribution in [3.63, 3.8) is 0 Å². The molecule has 0 fully saturated rings. The van der Waals surface area contributed by atoms with Crippen molar-refractivity contribution in [3.8, 4) is 5.75 Å². The molecule has 3 nitrogen and oxygen atoms in total. The number of anilines is 2. The first-order valence-corrected chi connectivity index (χ1v) is 3.76. The van der Waals surface area contributed by atoms with Crippen LogP contribution in [0, 0.1) is 5.82 Å². The summed E-state index contributed by atoms with van der Waals surface area (Å²) in [4.78, 5) is 0. The molecule has 1 aromatic carbocycles. The maximum Gasteiger partial charge on any atom is 0.272 e. The summed E-state index contributed by atoms with van der Waals surface area (Å²) in [5.41, 5.74) is 10.8. The molecular weight excluding hydrogens is 197 g/mol. The predicted molar refractivity (Wildman–Crippen MR) is 46.7 cm³/mol. The van der Waals surface area contributed by atoms with Gasteiger partial charge in [-0.3, -0.25) is 0 Å². The van der Waals surface area contributed by atoms with Crippen LogP contribution in [0.3, 0.4) is 0 Å². The molecule has 4 N–H and O–H groups in total. The van der Waals surface area contributed by atoms with E-state index in [2.05, 4.69) is 4.74 Å². The minimum Gasteiger partial charge on any atom is -0.484 e.